The Morgan fingerprint density at radius 2 is 1.91 bits per heavy atom. The summed E-state index contributed by atoms with van der Waals surface area (Å²) in [6, 6.07) is 8.10. The Labute approximate surface area is 133 Å². The molecule has 0 aliphatic rings. The van der Waals surface area contributed by atoms with Gasteiger partial charge < -0.3 is 5.11 Å². The highest BCUT2D eigenvalue weighted by Gasteiger charge is 2.19. The summed E-state index contributed by atoms with van der Waals surface area (Å²) >= 11 is 0.979. The number of aryl methyl sites for hydroxylation is 1. The van der Waals surface area contributed by atoms with E-state index in [2.05, 4.69) is 11.6 Å². The fourth-order valence-corrected chi connectivity index (χ4v) is 3.80. The van der Waals surface area contributed by atoms with E-state index in [9.17, 15) is 13.2 Å². The van der Waals surface area contributed by atoms with Crippen molar-refractivity contribution < 1.29 is 18.3 Å². The van der Waals surface area contributed by atoms with E-state index in [0.717, 1.165) is 36.2 Å². The van der Waals surface area contributed by atoms with E-state index in [4.69, 9.17) is 5.11 Å². The zero-order valence-corrected chi connectivity index (χ0v) is 13.7. The number of anilines is 1. The van der Waals surface area contributed by atoms with Crippen LogP contribution in [0.15, 0.2) is 40.6 Å². The van der Waals surface area contributed by atoms with Crippen molar-refractivity contribution in [2.24, 2.45) is 0 Å². The normalized spacial score (nSPS) is 11.3. The molecule has 5 nitrogen and oxygen atoms in total. The number of carboxylic acids is 1. The first-order valence-corrected chi connectivity index (χ1v) is 9.23. The summed E-state index contributed by atoms with van der Waals surface area (Å²) in [6.45, 7) is 2.10. The summed E-state index contributed by atoms with van der Waals surface area (Å²) in [6.07, 6.45) is 3.05. The van der Waals surface area contributed by atoms with Crippen molar-refractivity contribution >= 4 is 33.0 Å². The lowest BCUT2D eigenvalue weighted by molar-refractivity contribution is 0.0703. The van der Waals surface area contributed by atoms with E-state index < -0.39 is 16.0 Å². The minimum Gasteiger partial charge on any atom is -0.477 e. The smallest absolute Gasteiger partial charge is 0.348 e. The van der Waals surface area contributed by atoms with Gasteiger partial charge in [0, 0.05) is 0 Å². The number of carboxylic acid groups (broad SMARTS) is 1. The molecule has 1 aromatic carbocycles. The second kappa shape index (κ2) is 6.93. The third-order valence-corrected chi connectivity index (χ3v) is 5.44. The molecule has 0 spiro atoms. The van der Waals surface area contributed by atoms with Gasteiger partial charge >= 0.3 is 5.97 Å². The molecular formula is C15H17NO4S2. The molecule has 0 amide bonds. The van der Waals surface area contributed by atoms with Gasteiger partial charge in [0.2, 0.25) is 0 Å². The van der Waals surface area contributed by atoms with Crippen LogP contribution in [0.1, 0.15) is 35.0 Å². The first-order chi connectivity index (χ1) is 10.4. The van der Waals surface area contributed by atoms with Gasteiger partial charge in [-0.25, -0.2) is 13.2 Å². The Morgan fingerprint density at radius 1 is 1.23 bits per heavy atom. The van der Waals surface area contributed by atoms with Gasteiger partial charge in [0.05, 0.1) is 10.6 Å². The van der Waals surface area contributed by atoms with E-state index in [1.165, 1.54) is 11.4 Å². The Hall–Kier alpha value is -1.86. The number of carbonyl (C=O) groups is 1. The first kappa shape index (κ1) is 16.5. The summed E-state index contributed by atoms with van der Waals surface area (Å²) in [5.41, 5.74) is 1.18. The number of rotatable bonds is 7. The van der Waals surface area contributed by atoms with Crippen molar-refractivity contribution in [2.45, 2.75) is 31.1 Å². The zero-order chi connectivity index (χ0) is 16.2. The van der Waals surface area contributed by atoms with Gasteiger partial charge in [-0.05, 0) is 42.0 Å². The van der Waals surface area contributed by atoms with Crippen molar-refractivity contribution in [2.75, 3.05) is 4.72 Å². The molecular weight excluding hydrogens is 322 g/mol. The van der Waals surface area contributed by atoms with Gasteiger partial charge in [0.25, 0.3) is 10.0 Å². The number of sulfonamides is 1. The molecule has 7 heteroatoms. The van der Waals surface area contributed by atoms with E-state index in [1.807, 2.05) is 0 Å². The molecule has 0 aliphatic heterocycles. The molecule has 0 atom stereocenters. The number of hydrogen-bond acceptors (Lipinski definition) is 4. The van der Waals surface area contributed by atoms with Gasteiger partial charge in [-0.3, -0.25) is 4.72 Å². The standard InChI is InChI=1S/C15H17NO4S2/c1-2-3-4-11-5-7-12(8-6-11)22(19,20)16-13-9-10-21-14(13)15(17)18/h5-10,16H,2-4H2,1H3,(H,17,18). The number of aromatic carboxylic acids is 1. The molecule has 0 bridgehead atoms. The number of nitrogens with one attached hydrogen (secondary N) is 1. The molecule has 1 aromatic heterocycles. The molecule has 1 heterocycles. The van der Waals surface area contributed by atoms with Crippen LogP contribution in [-0.2, 0) is 16.4 Å². The van der Waals surface area contributed by atoms with Crippen LogP contribution in [-0.4, -0.2) is 19.5 Å². The minimum absolute atomic E-state index is 0.0249. The molecule has 0 unspecified atom stereocenters. The first-order valence-electron chi connectivity index (χ1n) is 6.86. The Morgan fingerprint density at radius 3 is 2.50 bits per heavy atom. The van der Waals surface area contributed by atoms with Crippen LogP contribution in [0.2, 0.25) is 0 Å². The Balaban J connectivity index is 2.19. The summed E-state index contributed by atoms with van der Waals surface area (Å²) < 4.78 is 26.9. The van der Waals surface area contributed by atoms with Crippen LogP contribution < -0.4 is 4.72 Å². The highest BCUT2D eigenvalue weighted by Crippen LogP contribution is 2.25. The lowest BCUT2D eigenvalue weighted by atomic mass is 10.1. The SMILES string of the molecule is CCCCc1ccc(S(=O)(=O)Nc2ccsc2C(=O)O)cc1. The molecule has 0 saturated carbocycles. The van der Waals surface area contributed by atoms with Crippen molar-refractivity contribution in [1.29, 1.82) is 0 Å². The largest absolute Gasteiger partial charge is 0.477 e. The lowest BCUT2D eigenvalue weighted by Crippen LogP contribution is -2.14. The number of thiophene rings is 1. The summed E-state index contributed by atoms with van der Waals surface area (Å²) in [5.74, 6) is -1.15. The lowest BCUT2D eigenvalue weighted by Gasteiger charge is -2.08. The fraction of sp³-hybridized carbons (Fsp3) is 0.267. The average Bonchev–Trinajstić information content (AvgIpc) is 2.93. The fourth-order valence-electron chi connectivity index (χ4n) is 1.98. The van der Waals surface area contributed by atoms with Crippen molar-refractivity contribution in [3.63, 3.8) is 0 Å². The van der Waals surface area contributed by atoms with Gasteiger partial charge in [-0.15, -0.1) is 11.3 Å². The predicted molar refractivity (Wildman–Crippen MR) is 87.1 cm³/mol. The minimum atomic E-state index is -3.78. The van der Waals surface area contributed by atoms with E-state index >= 15 is 0 Å². The highest BCUT2D eigenvalue weighted by atomic mass is 32.2. The average molecular weight is 339 g/mol. The molecule has 0 fully saturated rings. The maximum Gasteiger partial charge on any atom is 0.348 e. The summed E-state index contributed by atoms with van der Waals surface area (Å²) in [7, 11) is -3.78. The zero-order valence-electron chi connectivity index (χ0n) is 12.1. The van der Waals surface area contributed by atoms with E-state index in [1.54, 1.807) is 24.3 Å². The van der Waals surface area contributed by atoms with Gasteiger partial charge in [0.1, 0.15) is 4.88 Å². The van der Waals surface area contributed by atoms with E-state index in [0.29, 0.717) is 0 Å². The second-order valence-corrected chi connectivity index (χ2v) is 7.42. The molecule has 0 saturated heterocycles. The van der Waals surface area contributed by atoms with E-state index in [-0.39, 0.29) is 15.5 Å². The summed E-state index contributed by atoms with van der Waals surface area (Å²) in [5, 5.41) is 10.6. The quantitative estimate of drug-likeness (QED) is 0.807. The predicted octanol–water partition coefficient (Wildman–Crippen LogP) is 3.59. The second-order valence-electron chi connectivity index (χ2n) is 4.82. The van der Waals surface area contributed by atoms with Crippen LogP contribution in [0.3, 0.4) is 0 Å². The Bertz CT molecular complexity index is 748. The van der Waals surface area contributed by atoms with Gasteiger partial charge in [-0.1, -0.05) is 25.5 Å². The maximum absolute atomic E-state index is 12.3. The molecule has 2 rings (SSSR count). The summed E-state index contributed by atoms with van der Waals surface area (Å²) in [4.78, 5) is 11.1. The molecule has 0 radical (unpaired) electrons. The number of benzene rings is 1. The number of unbranched alkanes of at least 4 members (excludes halogenated alkanes) is 1. The van der Waals surface area contributed by atoms with Gasteiger partial charge in [0.15, 0.2) is 0 Å². The molecule has 2 aromatic rings. The third-order valence-electron chi connectivity index (χ3n) is 3.16. The van der Waals surface area contributed by atoms with Crippen LogP contribution in [0.4, 0.5) is 5.69 Å². The third kappa shape index (κ3) is 3.86. The van der Waals surface area contributed by atoms with Crippen molar-refractivity contribution in [3.8, 4) is 0 Å². The van der Waals surface area contributed by atoms with Gasteiger partial charge in [-0.2, -0.15) is 0 Å². The number of hydrogen-bond donors (Lipinski definition) is 2. The highest BCUT2D eigenvalue weighted by molar-refractivity contribution is 7.92. The van der Waals surface area contributed by atoms with Crippen LogP contribution in [0.5, 0.6) is 0 Å². The van der Waals surface area contributed by atoms with Crippen LogP contribution in [0.25, 0.3) is 0 Å². The molecule has 118 valence electrons. The molecule has 2 N–H and O–H groups in total. The maximum atomic E-state index is 12.3. The van der Waals surface area contributed by atoms with Crippen molar-refractivity contribution in [1.82, 2.24) is 0 Å². The monoisotopic (exact) mass is 339 g/mol. The topological polar surface area (TPSA) is 83.5 Å². The van der Waals surface area contributed by atoms with Crippen LogP contribution in [0, 0.1) is 0 Å². The van der Waals surface area contributed by atoms with Crippen LogP contribution >= 0.6 is 11.3 Å². The molecule has 0 aliphatic carbocycles. The molecule has 22 heavy (non-hydrogen) atoms. The Kier molecular flexibility index (Phi) is 5.20. The van der Waals surface area contributed by atoms with Crippen molar-refractivity contribution in [3.05, 3.63) is 46.2 Å².